The fourth-order valence-electron chi connectivity index (χ4n) is 13.2. The van der Waals surface area contributed by atoms with Crippen LogP contribution in [0.1, 0.15) is 151 Å². The van der Waals surface area contributed by atoms with Gasteiger partial charge in [-0.3, -0.25) is 37.5 Å². The van der Waals surface area contributed by atoms with E-state index in [-0.39, 0.29) is 167 Å². The van der Waals surface area contributed by atoms with Gasteiger partial charge in [0.2, 0.25) is 11.8 Å². The van der Waals surface area contributed by atoms with E-state index in [1.165, 1.54) is 6.07 Å². The Morgan fingerprint density at radius 1 is 0.563 bits per heavy atom. The van der Waals surface area contributed by atoms with Crippen molar-refractivity contribution >= 4 is 64.2 Å². The van der Waals surface area contributed by atoms with Gasteiger partial charge in [0.1, 0.15) is 23.7 Å². The number of rotatable bonds is 27. The van der Waals surface area contributed by atoms with Crippen LogP contribution in [0.3, 0.4) is 0 Å². The number of aromatic nitrogens is 2. The molecule has 0 radical (unpaired) electrons. The molecule has 6 aromatic rings. The number of aryl methyl sites for hydroxylation is 6. The Morgan fingerprint density at radius 2 is 0.903 bits per heavy atom. The second-order valence-corrected chi connectivity index (χ2v) is 26.9. The first kappa shape index (κ1) is 92.6. The van der Waals surface area contributed by atoms with Crippen LogP contribution in [0.25, 0.3) is 22.3 Å². The van der Waals surface area contributed by atoms with Crippen molar-refractivity contribution in [3.63, 3.8) is 0 Å². The number of carbonyl (C=O) groups is 4. The molecule has 0 saturated carbocycles. The van der Waals surface area contributed by atoms with Crippen LogP contribution in [-0.4, -0.2) is 112 Å². The standard InChI is InChI=1S/C38H46F5N3O4.C36H42F5N3O4.Li.H2O.3H2S/c1-7-50-34(48)17-31(29-15-28(14-25(6)36(29)40)35-23(4)9-8-10-24(35)5)44-37(49)32(13-22(2)3)46-21-27(11-12-45-19-26(18-39)20-45)30(16-33(46)47)38(41,42)43;1-20(2)11-30(44-19-25(9-10-43-17-24(16-37)18-43)28(14-31(44)45)36(39,40)41)35(48)42-29(15-32(46)47)27-13-26(12-23(5)34(27)38)33-21(3)7-6-8-22(33)4;;;;;/h8-10,14-16,21-22,26,31-32H,7,11-13,17-20H2,1-6H3,(H,44,49);6-8,12-14,19-20,24,29-30H,9-11,15-18H2,1-5H3,(H,42,48)(H,46,47);;4*1H2/q;;+1;;;;/p-1/t31-,32?;29-,30-;;;;;/m00...../s1. The SMILES string of the molecule is CCOC(=O)C[C@H](NC(=O)C(CC(C)C)n1cc(CCN2CC(CF)C2)c(C(F)(F)F)cc1=O)c1cc(-c2c(C)cccc2C)cc(C)c1F.Cc1cc(-c2c(C)cccc2C)cc([C@H](CC(=O)O)NC(=O)[C@H](CC(C)C)n2cc(CCN3CC(CF)C3)c(C(F)(F)F)cc2=O)c1F.S.S.S.[Li+].[OH-]. The van der Waals surface area contributed by atoms with Gasteiger partial charge in [-0.2, -0.15) is 66.8 Å². The van der Waals surface area contributed by atoms with E-state index < -0.39 is 120 Å². The number of hydrogen-bond donors (Lipinski definition) is 3. The van der Waals surface area contributed by atoms with Gasteiger partial charge in [0.05, 0.1) is 56.0 Å². The number of alkyl halides is 8. The van der Waals surface area contributed by atoms with Crippen molar-refractivity contribution in [2.45, 2.75) is 151 Å². The van der Waals surface area contributed by atoms with Crippen LogP contribution >= 0.6 is 40.5 Å². The molecule has 2 aliphatic heterocycles. The largest absolute Gasteiger partial charge is 1.00 e. The minimum Gasteiger partial charge on any atom is -0.870 e. The summed E-state index contributed by atoms with van der Waals surface area (Å²) in [4.78, 5) is 83.2. The van der Waals surface area contributed by atoms with E-state index in [9.17, 15) is 69.0 Å². The summed E-state index contributed by atoms with van der Waals surface area (Å²) in [5.74, 6) is -5.63. The van der Waals surface area contributed by atoms with E-state index in [1.54, 1.807) is 66.7 Å². The fourth-order valence-corrected chi connectivity index (χ4v) is 13.2. The molecule has 564 valence electrons. The molecular weight excluding hydrogens is 1410 g/mol. The van der Waals surface area contributed by atoms with Crippen molar-refractivity contribution in [3.05, 3.63) is 184 Å². The number of ether oxygens (including phenoxy) is 1. The molecule has 1 unspecified atom stereocenters. The zero-order valence-electron chi connectivity index (χ0n) is 60.1. The molecule has 29 heteroatoms. The monoisotopic (exact) mass is 1500 g/mol. The molecule has 8 rings (SSSR count). The smallest absolute Gasteiger partial charge is 0.870 e. The van der Waals surface area contributed by atoms with Gasteiger partial charge in [0.25, 0.3) is 11.1 Å². The third-order valence-electron chi connectivity index (χ3n) is 18.0. The van der Waals surface area contributed by atoms with Gasteiger partial charge in [0, 0.05) is 86.8 Å². The number of amides is 2. The predicted octanol–water partition coefficient (Wildman–Crippen LogP) is 11.6. The number of carbonyl (C=O) groups excluding carboxylic acids is 3. The number of pyridine rings is 2. The summed E-state index contributed by atoms with van der Waals surface area (Å²) in [6, 6.07) is 13.7. The van der Waals surface area contributed by atoms with Gasteiger partial charge in [0.15, 0.2) is 0 Å². The molecule has 2 aromatic heterocycles. The minimum absolute atomic E-state index is 0. The third kappa shape index (κ3) is 24.0. The van der Waals surface area contributed by atoms with Crippen LogP contribution in [0.15, 0.2) is 94.8 Å². The Kier molecular flexibility index (Phi) is 36.2. The molecular formula is C74H95F10LiN6O9S3. The quantitative estimate of drug-likeness (QED) is 0.0252. The molecule has 4 N–H and O–H groups in total. The molecule has 2 saturated heterocycles. The summed E-state index contributed by atoms with van der Waals surface area (Å²) in [6.45, 7) is 20.7. The number of nitrogens with one attached hydrogen (secondary N) is 2. The van der Waals surface area contributed by atoms with Crippen molar-refractivity contribution in [3.8, 4) is 22.3 Å². The third-order valence-corrected chi connectivity index (χ3v) is 18.0. The zero-order chi connectivity index (χ0) is 72.4. The molecule has 0 spiro atoms. The van der Waals surface area contributed by atoms with Gasteiger partial charge in [-0.25, -0.2) is 8.78 Å². The van der Waals surface area contributed by atoms with Crippen molar-refractivity contribution < 1.29 is 97.3 Å². The number of esters is 1. The average molecular weight is 1510 g/mol. The van der Waals surface area contributed by atoms with Gasteiger partial charge < -0.3 is 44.9 Å². The minimum atomic E-state index is -4.83. The first-order valence-corrected chi connectivity index (χ1v) is 33.0. The molecule has 0 aliphatic carbocycles. The Labute approximate surface area is 628 Å². The Bertz CT molecular complexity index is 3960. The molecule has 2 amide bonds. The van der Waals surface area contributed by atoms with Crippen LogP contribution in [0.4, 0.5) is 43.9 Å². The molecule has 15 nitrogen and oxygen atoms in total. The van der Waals surface area contributed by atoms with E-state index >= 15 is 8.78 Å². The topological polar surface area (TPSA) is 202 Å². The normalized spacial score (nSPS) is 14.5. The molecule has 4 aromatic carbocycles. The second-order valence-electron chi connectivity index (χ2n) is 26.9. The number of aliphatic carboxylic acids is 1. The Balaban J connectivity index is 0.000000668. The Morgan fingerprint density at radius 3 is 1.20 bits per heavy atom. The predicted molar refractivity (Wildman–Crippen MR) is 388 cm³/mol. The second kappa shape index (κ2) is 40.3. The summed E-state index contributed by atoms with van der Waals surface area (Å²) in [5, 5.41) is 15.2. The number of carboxylic acids is 1. The van der Waals surface area contributed by atoms with Gasteiger partial charge in [-0.15, -0.1) is 0 Å². The molecule has 2 aliphatic rings. The van der Waals surface area contributed by atoms with Crippen molar-refractivity contribution in [1.82, 2.24) is 29.6 Å². The summed E-state index contributed by atoms with van der Waals surface area (Å²) >= 11 is 0. The van der Waals surface area contributed by atoms with Gasteiger partial charge in [-0.05, 0) is 177 Å². The van der Waals surface area contributed by atoms with Crippen molar-refractivity contribution in [2.75, 3.05) is 59.2 Å². The fraction of sp³-hybridized carbons (Fsp3) is 0.486. The van der Waals surface area contributed by atoms with E-state index in [1.807, 2.05) is 73.9 Å². The van der Waals surface area contributed by atoms with Crippen LogP contribution in [-0.2, 0) is 49.1 Å². The summed E-state index contributed by atoms with van der Waals surface area (Å²) in [6.07, 6.45) is -8.71. The first-order valence-electron chi connectivity index (χ1n) is 33.0. The van der Waals surface area contributed by atoms with Crippen molar-refractivity contribution in [1.29, 1.82) is 0 Å². The summed E-state index contributed by atoms with van der Waals surface area (Å²) in [5.41, 5.74) is 2.57. The van der Waals surface area contributed by atoms with Crippen LogP contribution in [0, 0.1) is 76.8 Å². The van der Waals surface area contributed by atoms with E-state index in [2.05, 4.69) is 10.6 Å². The summed E-state index contributed by atoms with van der Waals surface area (Å²) < 4.78 is 149. The molecule has 4 heterocycles. The van der Waals surface area contributed by atoms with Crippen LogP contribution in [0.2, 0.25) is 0 Å². The number of carboxylic acid groups (broad SMARTS) is 1. The maximum Gasteiger partial charge on any atom is 1.00 e. The van der Waals surface area contributed by atoms with Crippen molar-refractivity contribution in [2.24, 2.45) is 23.7 Å². The van der Waals surface area contributed by atoms with Gasteiger partial charge in [-0.1, -0.05) is 64.1 Å². The maximum absolute atomic E-state index is 16.0. The van der Waals surface area contributed by atoms with Gasteiger partial charge >= 0.3 is 43.2 Å². The van der Waals surface area contributed by atoms with E-state index in [0.717, 1.165) is 54.9 Å². The number of hydrogen-bond acceptors (Lipinski definition) is 10. The zero-order valence-corrected chi connectivity index (χ0v) is 63.1. The summed E-state index contributed by atoms with van der Waals surface area (Å²) in [7, 11) is 0. The number of likely N-dealkylation sites (tertiary alicyclic amines) is 2. The molecule has 0 bridgehead atoms. The number of halogens is 10. The maximum atomic E-state index is 16.0. The number of nitrogens with zero attached hydrogens (tertiary/aromatic N) is 4. The van der Waals surface area contributed by atoms with E-state index in [0.29, 0.717) is 49.4 Å². The molecule has 103 heavy (non-hydrogen) atoms. The van der Waals surface area contributed by atoms with Crippen LogP contribution in [0.5, 0.6) is 0 Å². The van der Waals surface area contributed by atoms with E-state index in [4.69, 9.17) is 4.74 Å². The number of benzene rings is 4. The van der Waals surface area contributed by atoms with Crippen LogP contribution < -0.4 is 40.6 Å². The first-order chi connectivity index (χ1) is 46.0. The Hall–Kier alpha value is -6.51. The molecule has 2 fully saturated rings. The average Bonchev–Trinajstić information content (AvgIpc) is 0.796. The molecule has 4 atom stereocenters.